The molecule has 6 heteroatoms. The quantitative estimate of drug-likeness (QED) is 0.849. The van der Waals surface area contributed by atoms with E-state index in [0.29, 0.717) is 6.42 Å². The second-order valence-electron chi connectivity index (χ2n) is 5.13. The van der Waals surface area contributed by atoms with Crippen molar-refractivity contribution >= 4 is 9.84 Å². The molecule has 1 N–H and O–H groups in total. The van der Waals surface area contributed by atoms with Crippen molar-refractivity contribution in [3.05, 3.63) is 48.3 Å². The van der Waals surface area contributed by atoms with Crippen LogP contribution in [-0.2, 0) is 9.84 Å². The van der Waals surface area contributed by atoms with E-state index in [2.05, 4.69) is 10.4 Å². The molecule has 1 atom stereocenters. The first kappa shape index (κ1) is 15.7. The first-order chi connectivity index (χ1) is 9.99. The van der Waals surface area contributed by atoms with E-state index in [-0.39, 0.29) is 11.8 Å². The van der Waals surface area contributed by atoms with Gasteiger partial charge in [-0.2, -0.15) is 5.10 Å². The molecule has 0 aliphatic carbocycles. The number of hydrogen-bond acceptors (Lipinski definition) is 4. The van der Waals surface area contributed by atoms with Gasteiger partial charge in [-0.15, -0.1) is 0 Å². The zero-order valence-corrected chi connectivity index (χ0v) is 13.2. The summed E-state index contributed by atoms with van der Waals surface area (Å²) in [5, 5.41) is 7.77. The third-order valence-corrected chi connectivity index (χ3v) is 4.37. The first-order valence-electron chi connectivity index (χ1n) is 6.95. The highest BCUT2D eigenvalue weighted by atomic mass is 32.2. The number of nitrogens with zero attached hydrogens (tertiary/aromatic N) is 2. The maximum Gasteiger partial charge on any atom is 0.147 e. The highest BCUT2D eigenvalue weighted by molar-refractivity contribution is 7.90. The Labute approximate surface area is 125 Å². The Balaban J connectivity index is 2.04. The summed E-state index contributed by atoms with van der Waals surface area (Å²) in [4.78, 5) is 0. The van der Waals surface area contributed by atoms with Crippen LogP contribution < -0.4 is 5.32 Å². The van der Waals surface area contributed by atoms with Gasteiger partial charge in [-0.25, -0.2) is 13.1 Å². The molecule has 0 fully saturated rings. The molecule has 0 aliphatic rings. The van der Waals surface area contributed by atoms with Gasteiger partial charge in [0.2, 0.25) is 0 Å². The maximum absolute atomic E-state index is 11.2. The highest BCUT2D eigenvalue weighted by Crippen LogP contribution is 2.18. The molecular weight excluding hydrogens is 286 g/mol. The summed E-state index contributed by atoms with van der Waals surface area (Å²) < 4.78 is 24.2. The van der Waals surface area contributed by atoms with Gasteiger partial charge in [-0.1, -0.05) is 18.2 Å². The number of aromatic nitrogens is 2. The summed E-state index contributed by atoms with van der Waals surface area (Å²) in [5.74, 6) is 0.213. The van der Waals surface area contributed by atoms with Gasteiger partial charge >= 0.3 is 0 Å². The van der Waals surface area contributed by atoms with Gasteiger partial charge in [-0.05, 0) is 38.1 Å². The molecule has 0 saturated heterocycles. The van der Waals surface area contributed by atoms with Crippen LogP contribution in [-0.4, -0.2) is 37.3 Å². The summed E-state index contributed by atoms with van der Waals surface area (Å²) in [6.45, 7) is 0. The first-order valence-corrected chi connectivity index (χ1v) is 9.01. The lowest BCUT2D eigenvalue weighted by Gasteiger charge is -2.13. The lowest BCUT2D eigenvalue weighted by Crippen LogP contribution is -2.18. The number of rotatable bonds is 7. The van der Waals surface area contributed by atoms with E-state index in [1.807, 2.05) is 54.3 Å². The Morgan fingerprint density at radius 2 is 1.95 bits per heavy atom. The van der Waals surface area contributed by atoms with Crippen LogP contribution in [0.1, 0.15) is 24.6 Å². The summed E-state index contributed by atoms with van der Waals surface area (Å²) in [7, 11) is -1.03. The molecule has 21 heavy (non-hydrogen) atoms. The monoisotopic (exact) mass is 307 g/mol. The molecule has 0 bridgehead atoms. The largest absolute Gasteiger partial charge is 0.312 e. The molecule has 1 aromatic heterocycles. The lowest BCUT2D eigenvalue weighted by molar-refractivity contribution is 0.520. The van der Waals surface area contributed by atoms with Crippen LogP contribution in [0.2, 0.25) is 0 Å². The van der Waals surface area contributed by atoms with Crippen molar-refractivity contribution in [2.75, 3.05) is 19.1 Å². The minimum Gasteiger partial charge on any atom is -0.312 e. The number of sulfone groups is 1. The molecule has 0 aliphatic heterocycles. The van der Waals surface area contributed by atoms with Crippen LogP contribution in [0.3, 0.4) is 0 Å². The molecule has 0 amide bonds. The van der Waals surface area contributed by atoms with Gasteiger partial charge in [0.15, 0.2) is 0 Å². The van der Waals surface area contributed by atoms with Gasteiger partial charge in [-0.3, -0.25) is 0 Å². The Morgan fingerprint density at radius 3 is 2.57 bits per heavy atom. The molecule has 2 rings (SSSR count). The minimum atomic E-state index is -2.90. The normalized spacial score (nSPS) is 13.2. The van der Waals surface area contributed by atoms with Crippen molar-refractivity contribution in [3.63, 3.8) is 0 Å². The molecule has 5 nitrogen and oxygen atoms in total. The average Bonchev–Trinajstić information content (AvgIpc) is 2.93. The third-order valence-electron chi connectivity index (χ3n) is 3.34. The van der Waals surface area contributed by atoms with Crippen molar-refractivity contribution in [2.45, 2.75) is 18.9 Å². The Bertz CT molecular complexity index is 665. The number of para-hydroxylation sites is 1. The number of hydrogen-bond donors (Lipinski definition) is 1. The molecule has 0 radical (unpaired) electrons. The van der Waals surface area contributed by atoms with Crippen molar-refractivity contribution in [3.8, 4) is 5.69 Å². The van der Waals surface area contributed by atoms with E-state index in [0.717, 1.165) is 17.8 Å². The zero-order chi connectivity index (χ0) is 15.3. The molecule has 2 aromatic rings. The van der Waals surface area contributed by atoms with Gasteiger partial charge < -0.3 is 5.32 Å². The average molecular weight is 307 g/mol. The summed E-state index contributed by atoms with van der Waals surface area (Å²) in [6, 6.07) is 11.9. The smallest absolute Gasteiger partial charge is 0.147 e. The molecular formula is C15H21N3O2S. The van der Waals surface area contributed by atoms with E-state index in [9.17, 15) is 8.42 Å². The third kappa shape index (κ3) is 4.68. The Hall–Kier alpha value is -1.66. The standard InChI is InChI=1S/C15H21N3O2S/c1-16-14(9-6-12-21(2,19)20)15-10-11-18(17-15)13-7-4-3-5-8-13/h3-5,7-8,10-11,14,16H,6,9,12H2,1-2H3. The van der Waals surface area contributed by atoms with Crippen LogP contribution in [0.5, 0.6) is 0 Å². The van der Waals surface area contributed by atoms with Crippen molar-refractivity contribution in [1.82, 2.24) is 15.1 Å². The van der Waals surface area contributed by atoms with Crippen molar-refractivity contribution < 1.29 is 8.42 Å². The van der Waals surface area contributed by atoms with Gasteiger partial charge in [0.25, 0.3) is 0 Å². The van der Waals surface area contributed by atoms with Crippen molar-refractivity contribution in [1.29, 1.82) is 0 Å². The minimum absolute atomic E-state index is 0.0664. The predicted octanol–water partition coefficient (Wildman–Crippen LogP) is 1.96. The second kappa shape index (κ2) is 6.87. The van der Waals surface area contributed by atoms with Gasteiger partial charge in [0.05, 0.1) is 17.4 Å². The second-order valence-corrected chi connectivity index (χ2v) is 7.39. The predicted molar refractivity (Wildman–Crippen MR) is 84.3 cm³/mol. The fraction of sp³-hybridized carbons (Fsp3) is 0.400. The fourth-order valence-corrected chi connectivity index (χ4v) is 2.93. The van der Waals surface area contributed by atoms with E-state index in [4.69, 9.17) is 0 Å². The Kier molecular flexibility index (Phi) is 5.14. The van der Waals surface area contributed by atoms with Crippen molar-refractivity contribution in [2.24, 2.45) is 0 Å². The molecule has 1 aromatic carbocycles. The van der Waals surface area contributed by atoms with Crippen LogP contribution in [0.15, 0.2) is 42.6 Å². The van der Waals surface area contributed by atoms with Gasteiger partial charge in [0.1, 0.15) is 9.84 Å². The summed E-state index contributed by atoms with van der Waals surface area (Å²) >= 11 is 0. The summed E-state index contributed by atoms with van der Waals surface area (Å²) in [5.41, 5.74) is 1.93. The van der Waals surface area contributed by atoms with Gasteiger partial charge in [0, 0.05) is 18.2 Å². The van der Waals surface area contributed by atoms with E-state index in [1.165, 1.54) is 6.26 Å². The highest BCUT2D eigenvalue weighted by Gasteiger charge is 2.14. The fourth-order valence-electron chi connectivity index (χ4n) is 2.24. The maximum atomic E-state index is 11.2. The molecule has 1 heterocycles. The molecule has 0 saturated carbocycles. The van der Waals surface area contributed by atoms with Crippen LogP contribution >= 0.6 is 0 Å². The number of nitrogens with one attached hydrogen (secondary N) is 1. The topological polar surface area (TPSA) is 64.0 Å². The van der Waals surface area contributed by atoms with E-state index >= 15 is 0 Å². The molecule has 114 valence electrons. The van der Waals surface area contributed by atoms with Crippen LogP contribution in [0.25, 0.3) is 5.69 Å². The zero-order valence-electron chi connectivity index (χ0n) is 12.4. The van der Waals surface area contributed by atoms with Crippen LogP contribution in [0, 0.1) is 0 Å². The molecule has 1 unspecified atom stereocenters. The van der Waals surface area contributed by atoms with E-state index in [1.54, 1.807) is 0 Å². The SMILES string of the molecule is CNC(CCCS(C)(=O)=O)c1ccn(-c2ccccc2)n1. The lowest BCUT2D eigenvalue weighted by atomic mass is 10.1. The number of benzene rings is 1. The summed E-state index contributed by atoms with van der Waals surface area (Å²) in [6.07, 6.45) is 4.56. The van der Waals surface area contributed by atoms with E-state index < -0.39 is 9.84 Å². The molecule has 0 spiro atoms. The van der Waals surface area contributed by atoms with Crippen LogP contribution in [0.4, 0.5) is 0 Å². The Morgan fingerprint density at radius 1 is 1.24 bits per heavy atom.